The fraction of sp³-hybridized carbons (Fsp3) is 0.0169. The van der Waals surface area contributed by atoms with E-state index in [9.17, 15) is 0 Å². The number of fused-ring (bicyclic) bond motifs is 14. The van der Waals surface area contributed by atoms with Crippen LogP contribution < -0.4 is 0 Å². The van der Waals surface area contributed by atoms with Crippen LogP contribution in [0.4, 0.5) is 0 Å². The second kappa shape index (κ2) is 13.5. The molecule has 0 amide bonds. The molecule has 64 heavy (non-hydrogen) atoms. The van der Waals surface area contributed by atoms with E-state index in [0.29, 0.717) is 5.82 Å². The maximum Gasteiger partial charge on any atom is 0.160 e. The molecule has 5 heterocycles. The largest absolute Gasteiger partial charge is 0.309 e. The zero-order valence-corrected chi connectivity index (χ0v) is 35.3. The van der Waals surface area contributed by atoms with E-state index in [1.54, 1.807) is 0 Å². The van der Waals surface area contributed by atoms with Gasteiger partial charge >= 0.3 is 0 Å². The van der Waals surface area contributed by atoms with Gasteiger partial charge < -0.3 is 9.13 Å². The van der Waals surface area contributed by atoms with Gasteiger partial charge in [-0.05, 0) is 89.0 Å². The topological polar surface area (TPSA) is 35.6 Å². The Morgan fingerprint density at radius 1 is 0.359 bits per heavy atom. The molecular weight excluding hydrogens is 797 g/mol. The van der Waals surface area contributed by atoms with Gasteiger partial charge in [0.15, 0.2) is 5.82 Å². The minimum atomic E-state index is -0.552. The van der Waals surface area contributed by atoms with Crippen LogP contribution in [0.15, 0.2) is 228 Å². The quantitative estimate of drug-likeness (QED) is 0.177. The van der Waals surface area contributed by atoms with Crippen LogP contribution in [0.5, 0.6) is 0 Å². The van der Waals surface area contributed by atoms with Gasteiger partial charge in [-0.25, -0.2) is 9.97 Å². The molecule has 12 aromatic rings. The second-order valence-corrected chi connectivity index (χ2v) is 18.0. The standard InChI is InChI=1S/C59H36N4S/c1-3-16-37(17-4-1)49-35-50(38-18-5-2-6-19-38)61-58(60-49)39-30-32-40(33-31-39)62-51-26-11-8-21-42(51)44-34-48-56(36-54(44)62)64-55-29-14-10-24-46(55)59(48)45-23-9-13-28-53(45)63-52-27-12-7-20-41(52)43-22-15-25-47(59)57(43)63/h1-36H. The van der Waals surface area contributed by atoms with Gasteiger partial charge in [0.05, 0.1) is 44.6 Å². The third-order valence-corrected chi connectivity index (χ3v) is 14.7. The molecule has 2 aliphatic heterocycles. The third-order valence-electron chi connectivity index (χ3n) is 13.6. The lowest BCUT2D eigenvalue weighted by Gasteiger charge is -2.45. The molecule has 1 spiro atoms. The Morgan fingerprint density at radius 3 is 1.67 bits per heavy atom. The summed E-state index contributed by atoms with van der Waals surface area (Å²) >= 11 is 1.89. The van der Waals surface area contributed by atoms with Crippen LogP contribution in [-0.2, 0) is 5.41 Å². The van der Waals surface area contributed by atoms with Crippen molar-refractivity contribution in [3.8, 4) is 45.3 Å². The molecule has 0 bridgehead atoms. The molecule has 0 N–H and O–H groups in total. The SMILES string of the molecule is c1ccc(-c2cc(-c3ccccc3)nc(-c3ccc(-n4c5ccccc5c5cc6c(cc54)Sc4ccccc4C64c5ccccc5-n5c6ccccc6c6cccc4c65)cc3)n2)cc1. The van der Waals surface area contributed by atoms with Gasteiger partial charge in [0.1, 0.15) is 0 Å². The molecule has 9 aromatic carbocycles. The summed E-state index contributed by atoms with van der Waals surface area (Å²) in [5.41, 5.74) is 16.8. The molecule has 1 atom stereocenters. The zero-order valence-electron chi connectivity index (χ0n) is 34.5. The van der Waals surface area contributed by atoms with Crippen molar-refractivity contribution in [1.82, 2.24) is 19.1 Å². The average molecular weight is 833 g/mol. The van der Waals surface area contributed by atoms with Gasteiger partial charge in [-0.15, -0.1) is 0 Å². The monoisotopic (exact) mass is 832 g/mol. The Kier molecular flexibility index (Phi) is 7.51. The van der Waals surface area contributed by atoms with E-state index in [2.05, 4.69) is 215 Å². The number of para-hydroxylation sites is 4. The molecule has 2 aliphatic rings. The Labute approximate surface area is 373 Å². The maximum absolute atomic E-state index is 5.13. The summed E-state index contributed by atoms with van der Waals surface area (Å²) in [6, 6.07) is 79.6. The highest BCUT2D eigenvalue weighted by Gasteiger charge is 2.49. The van der Waals surface area contributed by atoms with Gasteiger partial charge in [-0.2, -0.15) is 0 Å². The normalized spacial score (nSPS) is 14.9. The zero-order chi connectivity index (χ0) is 41.9. The summed E-state index contributed by atoms with van der Waals surface area (Å²) in [4.78, 5) is 12.8. The van der Waals surface area contributed by atoms with Crippen LogP contribution in [-0.4, -0.2) is 19.1 Å². The second-order valence-electron chi connectivity index (χ2n) is 16.9. The van der Waals surface area contributed by atoms with Gasteiger partial charge in [-0.1, -0.05) is 163 Å². The number of benzene rings is 9. The van der Waals surface area contributed by atoms with E-state index in [4.69, 9.17) is 9.97 Å². The molecule has 0 radical (unpaired) electrons. The van der Waals surface area contributed by atoms with Crippen LogP contribution in [0.25, 0.3) is 88.9 Å². The first-order chi connectivity index (χ1) is 31.7. The van der Waals surface area contributed by atoms with Crippen molar-refractivity contribution < 1.29 is 0 Å². The molecule has 0 saturated heterocycles. The van der Waals surface area contributed by atoms with E-state index >= 15 is 0 Å². The van der Waals surface area contributed by atoms with E-state index in [-0.39, 0.29) is 0 Å². The number of nitrogens with zero attached hydrogens (tertiary/aromatic N) is 4. The van der Waals surface area contributed by atoms with Crippen LogP contribution in [0, 0.1) is 0 Å². The molecule has 0 saturated carbocycles. The Hall–Kier alpha value is -7.99. The predicted molar refractivity (Wildman–Crippen MR) is 263 cm³/mol. The van der Waals surface area contributed by atoms with Gasteiger partial charge in [0.25, 0.3) is 0 Å². The van der Waals surface area contributed by atoms with Crippen molar-refractivity contribution in [3.63, 3.8) is 0 Å². The molecular formula is C59H36N4S. The first kappa shape index (κ1) is 35.6. The summed E-state index contributed by atoms with van der Waals surface area (Å²) < 4.78 is 4.96. The van der Waals surface area contributed by atoms with E-state index in [1.807, 2.05) is 23.9 Å². The minimum absolute atomic E-state index is 0.552. The Balaban J connectivity index is 0.993. The first-order valence-electron chi connectivity index (χ1n) is 21.8. The van der Waals surface area contributed by atoms with E-state index in [1.165, 1.54) is 81.3 Å². The summed E-state index contributed by atoms with van der Waals surface area (Å²) in [7, 11) is 0. The summed E-state index contributed by atoms with van der Waals surface area (Å²) in [6.45, 7) is 0. The third kappa shape index (κ3) is 4.90. The maximum atomic E-state index is 5.13. The number of aromatic nitrogens is 4. The van der Waals surface area contributed by atoms with Crippen molar-refractivity contribution in [2.75, 3.05) is 0 Å². The van der Waals surface area contributed by atoms with Crippen molar-refractivity contribution >= 4 is 55.4 Å². The van der Waals surface area contributed by atoms with Gasteiger partial charge in [-0.3, -0.25) is 0 Å². The number of hydrogen-bond acceptors (Lipinski definition) is 3. The highest BCUT2D eigenvalue weighted by atomic mass is 32.2. The van der Waals surface area contributed by atoms with Crippen LogP contribution >= 0.6 is 11.8 Å². The highest BCUT2D eigenvalue weighted by Crippen LogP contribution is 2.61. The van der Waals surface area contributed by atoms with Gasteiger partial charge in [0, 0.05) is 53.7 Å². The Morgan fingerprint density at radius 2 is 0.938 bits per heavy atom. The fourth-order valence-electron chi connectivity index (χ4n) is 10.9. The Bertz CT molecular complexity index is 3810. The minimum Gasteiger partial charge on any atom is -0.309 e. The first-order valence-corrected chi connectivity index (χ1v) is 22.6. The molecule has 14 rings (SSSR count). The molecule has 0 fully saturated rings. The molecule has 1 unspecified atom stereocenters. The molecule has 5 heteroatoms. The average Bonchev–Trinajstić information content (AvgIpc) is 3.88. The molecule has 0 aliphatic carbocycles. The van der Waals surface area contributed by atoms with Crippen molar-refractivity contribution in [3.05, 3.63) is 241 Å². The van der Waals surface area contributed by atoms with E-state index < -0.39 is 5.41 Å². The lowest BCUT2D eigenvalue weighted by molar-refractivity contribution is 0.691. The molecule has 3 aromatic heterocycles. The summed E-state index contributed by atoms with van der Waals surface area (Å²) in [5, 5.41) is 5.03. The molecule has 298 valence electrons. The van der Waals surface area contributed by atoms with Crippen molar-refractivity contribution in [1.29, 1.82) is 0 Å². The van der Waals surface area contributed by atoms with Crippen molar-refractivity contribution in [2.45, 2.75) is 15.2 Å². The number of hydrogen-bond donors (Lipinski definition) is 0. The lowest BCUT2D eigenvalue weighted by atomic mass is 9.62. The highest BCUT2D eigenvalue weighted by molar-refractivity contribution is 7.99. The smallest absolute Gasteiger partial charge is 0.160 e. The van der Waals surface area contributed by atoms with Gasteiger partial charge in [0.2, 0.25) is 0 Å². The summed E-state index contributed by atoms with van der Waals surface area (Å²) in [5.74, 6) is 0.699. The van der Waals surface area contributed by atoms with Crippen LogP contribution in [0.3, 0.4) is 0 Å². The predicted octanol–water partition coefficient (Wildman–Crippen LogP) is 14.8. The van der Waals surface area contributed by atoms with Crippen molar-refractivity contribution in [2.24, 2.45) is 0 Å². The lowest BCUT2D eigenvalue weighted by Crippen LogP contribution is -2.37. The molecule has 4 nitrogen and oxygen atoms in total. The summed E-state index contributed by atoms with van der Waals surface area (Å²) in [6.07, 6.45) is 0. The number of rotatable bonds is 4. The van der Waals surface area contributed by atoms with E-state index in [0.717, 1.165) is 33.8 Å². The van der Waals surface area contributed by atoms with Crippen LogP contribution in [0.2, 0.25) is 0 Å². The van der Waals surface area contributed by atoms with Crippen LogP contribution in [0.1, 0.15) is 22.3 Å². The fourth-order valence-corrected chi connectivity index (χ4v) is 12.1.